The zero-order chi connectivity index (χ0) is 8.43. The van der Waals surface area contributed by atoms with Gasteiger partial charge in [-0.15, -0.1) is 0 Å². The molecule has 60 valence electrons. The molecule has 0 spiro atoms. The smallest absolute Gasteiger partial charge is 0.269 e. The molecule has 1 amide bonds. The molecule has 0 unspecified atom stereocenters. The summed E-state index contributed by atoms with van der Waals surface area (Å²) >= 11 is 5.61. The highest BCUT2D eigenvalue weighted by Gasteiger charge is 2.08. The number of carbonyl (C=O) groups is 1. The van der Waals surface area contributed by atoms with Crippen molar-refractivity contribution in [2.24, 2.45) is 0 Å². The molecule has 0 aliphatic rings. The van der Waals surface area contributed by atoms with Crippen LogP contribution >= 0.6 is 11.6 Å². The molecule has 1 heterocycles. The van der Waals surface area contributed by atoms with Crippen molar-refractivity contribution in [1.82, 2.24) is 9.88 Å². The van der Waals surface area contributed by atoms with Gasteiger partial charge in [0.2, 0.25) is 0 Å². The van der Waals surface area contributed by atoms with E-state index in [0.717, 1.165) is 0 Å². The average Bonchev–Trinajstić information content (AvgIpc) is 2.34. The molecular formula is C7H9ClN2O. The molecule has 0 atom stereocenters. The third-order valence-corrected chi connectivity index (χ3v) is 1.50. The summed E-state index contributed by atoms with van der Waals surface area (Å²) in [6.07, 6.45) is 1.58. The van der Waals surface area contributed by atoms with Crippen LogP contribution in [0.3, 0.4) is 0 Å². The van der Waals surface area contributed by atoms with E-state index in [1.54, 1.807) is 26.4 Å². The molecule has 0 radical (unpaired) electrons. The van der Waals surface area contributed by atoms with Gasteiger partial charge in [-0.3, -0.25) is 4.79 Å². The number of hydrogen-bond acceptors (Lipinski definition) is 1. The summed E-state index contributed by atoms with van der Waals surface area (Å²) in [5.74, 6) is -0.0723. The van der Waals surface area contributed by atoms with E-state index in [2.05, 4.69) is 4.98 Å². The van der Waals surface area contributed by atoms with Crippen molar-refractivity contribution in [2.45, 2.75) is 0 Å². The minimum atomic E-state index is -0.0723. The Bertz CT molecular complexity index is 267. The number of aromatic amines is 1. The maximum Gasteiger partial charge on any atom is 0.269 e. The fourth-order valence-corrected chi connectivity index (χ4v) is 0.896. The Hall–Kier alpha value is -0.960. The number of aromatic nitrogens is 1. The van der Waals surface area contributed by atoms with Crippen LogP contribution in [-0.2, 0) is 0 Å². The van der Waals surface area contributed by atoms with E-state index in [4.69, 9.17) is 11.6 Å². The molecule has 3 nitrogen and oxygen atoms in total. The van der Waals surface area contributed by atoms with E-state index in [0.29, 0.717) is 10.7 Å². The quantitative estimate of drug-likeness (QED) is 0.683. The maximum absolute atomic E-state index is 11.2. The van der Waals surface area contributed by atoms with Gasteiger partial charge in [0.25, 0.3) is 5.91 Å². The minimum absolute atomic E-state index is 0.0723. The second-order valence-electron chi connectivity index (χ2n) is 2.43. The third kappa shape index (κ3) is 1.74. The van der Waals surface area contributed by atoms with Crippen molar-refractivity contribution in [3.8, 4) is 0 Å². The minimum Gasteiger partial charge on any atom is -0.356 e. The van der Waals surface area contributed by atoms with Crippen molar-refractivity contribution in [3.05, 3.63) is 23.0 Å². The summed E-state index contributed by atoms with van der Waals surface area (Å²) in [6.45, 7) is 0. The van der Waals surface area contributed by atoms with E-state index in [-0.39, 0.29) is 5.91 Å². The van der Waals surface area contributed by atoms with Crippen LogP contribution in [0, 0.1) is 0 Å². The molecule has 1 rings (SSSR count). The molecule has 4 heteroatoms. The van der Waals surface area contributed by atoms with E-state index in [1.807, 2.05) is 0 Å². The lowest BCUT2D eigenvalue weighted by Crippen LogP contribution is -2.21. The molecule has 0 fully saturated rings. The number of carbonyl (C=O) groups excluding carboxylic acids is 1. The molecule has 0 saturated heterocycles. The Morgan fingerprint density at radius 2 is 2.27 bits per heavy atom. The maximum atomic E-state index is 11.2. The summed E-state index contributed by atoms with van der Waals surface area (Å²) in [6, 6.07) is 1.60. The monoisotopic (exact) mass is 172 g/mol. The van der Waals surface area contributed by atoms with Crippen LogP contribution in [0.4, 0.5) is 0 Å². The van der Waals surface area contributed by atoms with Crippen molar-refractivity contribution < 1.29 is 4.79 Å². The predicted molar refractivity (Wildman–Crippen MR) is 43.8 cm³/mol. The highest BCUT2D eigenvalue weighted by molar-refractivity contribution is 6.30. The van der Waals surface area contributed by atoms with Gasteiger partial charge in [0, 0.05) is 20.3 Å². The van der Waals surface area contributed by atoms with Gasteiger partial charge in [-0.05, 0) is 6.07 Å². The lowest BCUT2D eigenvalue weighted by molar-refractivity contribution is 0.0822. The molecule has 0 aliphatic heterocycles. The molecule has 11 heavy (non-hydrogen) atoms. The number of nitrogens with one attached hydrogen (secondary N) is 1. The van der Waals surface area contributed by atoms with Gasteiger partial charge in [0.15, 0.2) is 0 Å². The third-order valence-electron chi connectivity index (χ3n) is 1.28. The van der Waals surface area contributed by atoms with Gasteiger partial charge in [-0.25, -0.2) is 0 Å². The van der Waals surface area contributed by atoms with Crippen LogP contribution in [0.2, 0.25) is 5.02 Å². The van der Waals surface area contributed by atoms with Gasteiger partial charge in [-0.2, -0.15) is 0 Å². The number of hydrogen-bond donors (Lipinski definition) is 1. The Morgan fingerprint density at radius 3 is 2.64 bits per heavy atom. The van der Waals surface area contributed by atoms with Gasteiger partial charge < -0.3 is 9.88 Å². The first-order valence-electron chi connectivity index (χ1n) is 3.17. The normalized spacial score (nSPS) is 9.73. The Balaban J connectivity index is 2.85. The number of H-pyrrole nitrogens is 1. The zero-order valence-corrected chi connectivity index (χ0v) is 7.14. The second-order valence-corrected chi connectivity index (χ2v) is 2.87. The Kier molecular flexibility index (Phi) is 2.19. The highest BCUT2D eigenvalue weighted by atomic mass is 35.5. The fraction of sp³-hybridized carbons (Fsp3) is 0.286. The standard InChI is InChI=1S/C7H9ClN2O/c1-10(2)7(11)6-3-5(8)4-9-6/h3-4,9H,1-2H3. The van der Waals surface area contributed by atoms with Crippen LogP contribution in [0.25, 0.3) is 0 Å². The molecule has 1 N–H and O–H groups in total. The van der Waals surface area contributed by atoms with Crippen LogP contribution in [-0.4, -0.2) is 29.9 Å². The predicted octanol–water partition coefficient (Wildman–Crippen LogP) is 1.37. The first-order valence-corrected chi connectivity index (χ1v) is 3.54. The second kappa shape index (κ2) is 2.96. The first-order chi connectivity index (χ1) is 5.11. The Morgan fingerprint density at radius 1 is 1.64 bits per heavy atom. The van der Waals surface area contributed by atoms with Crippen molar-refractivity contribution in [1.29, 1.82) is 0 Å². The summed E-state index contributed by atoms with van der Waals surface area (Å²) in [7, 11) is 3.38. The molecule has 1 aromatic heterocycles. The van der Waals surface area contributed by atoms with Gasteiger partial charge >= 0.3 is 0 Å². The van der Waals surface area contributed by atoms with Crippen molar-refractivity contribution >= 4 is 17.5 Å². The summed E-state index contributed by atoms with van der Waals surface area (Å²) in [4.78, 5) is 15.4. The van der Waals surface area contributed by atoms with Crippen LogP contribution in [0.5, 0.6) is 0 Å². The van der Waals surface area contributed by atoms with Crippen LogP contribution in [0.1, 0.15) is 10.5 Å². The lowest BCUT2D eigenvalue weighted by atomic mass is 10.4. The summed E-state index contributed by atoms with van der Waals surface area (Å²) in [5.41, 5.74) is 0.514. The number of rotatable bonds is 1. The zero-order valence-electron chi connectivity index (χ0n) is 6.39. The van der Waals surface area contributed by atoms with Crippen molar-refractivity contribution in [2.75, 3.05) is 14.1 Å². The number of amides is 1. The number of nitrogens with zero attached hydrogens (tertiary/aromatic N) is 1. The van der Waals surface area contributed by atoms with E-state index in [1.165, 1.54) is 4.90 Å². The molecule has 0 aliphatic carbocycles. The largest absolute Gasteiger partial charge is 0.356 e. The van der Waals surface area contributed by atoms with Gasteiger partial charge in [-0.1, -0.05) is 11.6 Å². The Labute approximate surface area is 70.0 Å². The lowest BCUT2D eigenvalue weighted by Gasteiger charge is -2.07. The van der Waals surface area contributed by atoms with Gasteiger partial charge in [0.05, 0.1) is 5.02 Å². The molecule has 0 bridgehead atoms. The van der Waals surface area contributed by atoms with Crippen LogP contribution in [0.15, 0.2) is 12.3 Å². The summed E-state index contributed by atoms with van der Waals surface area (Å²) < 4.78 is 0. The molecular weight excluding hydrogens is 164 g/mol. The first kappa shape index (κ1) is 8.14. The number of halogens is 1. The molecule has 0 aromatic carbocycles. The molecule has 1 aromatic rings. The fourth-order valence-electron chi connectivity index (χ4n) is 0.732. The SMILES string of the molecule is CN(C)C(=O)c1cc(Cl)c[nH]1. The summed E-state index contributed by atoms with van der Waals surface area (Å²) in [5, 5.41) is 0.551. The van der Waals surface area contributed by atoms with E-state index >= 15 is 0 Å². The van der Waals surface area contributed by atoms with E-state index in [9.17, 15) is 4.79 Å². The topological polar surface area (TPSA) is 36.1 Å². The van der Waals surface area contributed by atoms with E-state index < -0.39 is 0 Å². The van der Waals surface area contributed by atoms with Crippen LogP contribution < -0.4 is 0 Å². The van der Waals surface area contributed by atoms with Crippen molar-refractivity contribution in [3.63, 3.8) is 0 Å². The average molecular weight is 173 g/mol. The highest BCUT2D eigenvalue weighted by Crippen LogP contribution is 2.10. The molecule has 0 saturated carbocycles. The van der Waals surface area contributed by atoms with Gasteiger partial charge in [0.1, 0.15) is 5.69 Å².